The van der Waals surface area contributed by atoms with Gasteiger partial charge in [-0.1, -0.05) is 23.7 Å². The fourth-order valence-corrected chi connectivity index (χ4v) is 3.79. The second-order valence-electron chi connectivity index (χ2n) is 7.38. The Morgan fingerprint density at radius 2 is 1.88 bits per heavy atom. The van der Waals surface area contributed by atoms with Crippen LogP contribution in [-0.4, -0.2) is 53.1 Å². The number of carbonyl (C=O) groups is 2. The first-order valence-corrected chi connectivity index (χ1v) is 10.6. The van der Waals surface area contributed by atoms with E-state index in [0.29, 0.717) is 28.1 Å². The van der Waals surface area contributed by atoms with Gasteiger partial charge in [0.25, 0.3) is 0 Å². The maximum absolute atomic E-state index is 12.6. The van der Waals surface area contributed by atoms with Crippen molar-refractivity contribution in [2.24, 2.45) is 4.99 Å². The minimum atomic E-state index is -0.645. The van der Waals surface area contributed by atoms with Gasteiger partial charge in [-0.05, 0) is 37.3 Å². The van der Waals surface area contributed by atoms with Crippen molar-refractivity contribution in [3.05, 3.63) is 70.3 Å². The third-order valence-corrected chi connectivity index (χ3v) is 5.54. The number of hydrogen-bond acceptors (Lipinski definition) is 7. The molecule has 1 aliphatic heterocycles. The summed E-state index contributed by atoms with van der Waals surface area (Å²) in [5, 5.41) is 11.7. The van der Waals surface area contributed by atoms with Crippen LogP contribution in [0, 0.1) is 6.92 Å². The summed E-state index contributed by atoms with van der Waals surface area (Å²) >= 11 is 6.10. The Hall–Kier alpha value is -3.72. The molecule has 33 heavy (non-hydrogen) atoms. The summed E-state index contributed by atoms with van der Waals surface area (Å²) in [6, 6.07) is 12.3. The molecule has 0 bridgehead atoms. The zero-order valence-corrected chi connectivity index (χ0v) is 19.1. The molecule has 170 valence electrons. The first kappa shape index (κ1) is 22.5. The highest BCUT2D eigenvalue weighted by Gasteiger charge is 2.30. The molecule has 1 unspecified atom stereocenters. The van der Waals surface area contributed by atoms with Crippen LogP contribution in [0.15, 0.2) is 47.5 Å². The van der Waals surface area contributed by atoms with E-state index in [-0.39, 0.29) is 18.9 Å². The SMILES string of the molecule is COC(=O)CNC(=O)CC1N=C(c2ccc(Cl)cc2)c2cc(OC)ccc2-n2c(C)nnc21. The Labute approximate surface area is 195 Å². The maximum Gasteiger partial charge on any atom is 0.325 e. The Balaban J connectivity index is 1.84. The molecule has 0 saturated carbocycles. The van der Waals surface area contributed by atoms with Gasteiger partial charge in [0.05, 0.1) is 32.0 Å². The van der Waals surface area contributed by atoms with E-state index in [2.05, 4.69) is 20.3 Å². The van der Waals surface area contributed by atoms with Gasteiger partial charge in [-0.25, -0.2) is 0 Å². The number of rotatable bonds is 6. The number of nitrogens with zero attached hydrogens (tertiary/aromatic N) is 4. The number of benzene rings is 2. The molecule has 0 radical (unpaired) electrons. The first-order valence-electron chi connectivity index (χ1n) is 10.2. The van der Waals surface area contributed by atoms with Crippen LogP contribution in [0.25, 0.3) is 5.69 Å². The van der Waals surface area contributed by atoms with Crippen molar-refractivity contribution < 1.29 is 19.1 Å². The van der Waals surface area contributed by atoms with Crippen LogP contribution < -0.4 is 10.1 Å². The highest BCUT2D eigenvalue weighted by atomic mass is 35.5. The molecule has 2 aromatic carbocycles. The van der Waals surface area contributed by atoms with E-state index < -0.39 is 12.0 Å². The van der Waals surface area contributed by atoms with Crippen molar-refractivity contribution in [1.82, 2.24) is 20.1 Å². The number of aromatic nitrogens is 3. The van der Waals surface area contributed by atoms with Crippen molar-refractivity contribution >= 4 is 29.2 Å². The molecule has 1 aliphatic rings. The summed E-state index contributed by atoms with van der Waals surface area (Å²) in [7, 11) is 2.86. The summed E-state index contributed by atoms with van der Waals surface area (Å²) in [6.45, 7) is 1.62. The fourth-order valence-electron chi connectivity index (χ4n) is 3.67. The number of ether oxygens (including phenoxy) is 2. The average Bonchev–Trinajstić information content (AvgIpc) is 3.15. The maximum atomic E-state index is 12.6. The van der Waals surface area contributed by atoms with E-state index in [9.17, 15) is 9.59 Å². The quantitative estimate of drug-likeness (QED) is 0.558. The second kappa shape index (κ2) is 9.41. The topological polar surface area (TPSA) is 108 Å². The summed E-state index contributed by atoms with van der Waals surface area (Å²) in [6.07, 6.45) is -0.0304. The summed E-state index contributed by atoms with van der Waals surface area (Å²) < 4.78 is 11.9. The van der Waals surface area contributed by atoms with Gasteiger partial charge in [-0.3, -0.25) is 19.1 Å². The van der Waals surface area contributed by atoms with Crippen LogP contribution in [0.4, 0.5) is 0 Å². The average molecular weight is 468 g/mol. The van der Waals surface area contributed by atoms with Gasteiger partial charge >= 0.3 is 5.97 Å². The van der Waals surface area contributed by atoms with Crippen molar-refractivity contribution in [3.63, 3.8) is 0 Å². The molecule has 1 N–H and O–H groups in total. The monoisotopic (exact) mass is 467 g/mol. The Bertz CT molecular complexity index is 1240. The molecular formula is C23H22ClN5O4. The van der Waals surface area contributed by atoms with Crippen LogP contribution in [0.1, 0.15) is 35.2 Å². The van der Waals surface area contributed by atoms with Crippen LogP contribution in [0.5, 0.6) is 5.75 Å². The predicted molar refractivity (Wildman–Crippen MR) is 122 cm³/mol. The van der Waals surface area contributed by atoms with E-state index in [1.54, 1.807) is 19.2 Å². The molecule has 1 aromatic heterocycles. The number of hydrogen-bond donors (Lipinski definition) is 1. The number of nitrogens with one attached hydrogen (secondary N) is 1. The number of carbonyl (C=O) groups excluding carboxylic acids is 2. The lowest BCUT2D eigenvalue weighted by Crippen LogP contribution is -2.31. The van der Waals surface area contributed by atoms with Gasteiger partial charge in [0.2, 0.25) is 5.91 Å². The van der Waals surface area contributed by atoms with Crippen molar-refractivity contribution in [2.45, 2.75) is 19.4 Å². The number of amides is 1. The number of esters is 1. The summed E-state index contributed by atoms with van der Waals surface area (Å²) in [5.41, 5.74) is 3.11. The van der Waals surface area contributed by atoms with E-state index >= 15 is 0 Å². The number of methoxy groups -OCH3 is 2. The highest BCUT2D eigenvalue weighted by molar-refractivity contribution is 6.30. The molecule has 0 fully saturated rings. The molecule has 10 heteroatoms. The molecule has 9 nitrogen and oxygen atoms in total. The Morgan fingerprint density at radius 3 is 2.58 bits per heavy atom. The molecule has 0 spiro atoms. The Morgan fingerprint density at radius 1 is 1.12 bits per heavy atom. The standard InChI is InChI=1S/C23H22ClN5O4/c1-13-27-28-23-18(11-20(30)25-12-21(31)33-3)26-22(14-4-6-15(24)7-5-14)17-10-16(32-2)8-9-19(17)29(13)23/h4-10,18H,11-12H2,1-3H3,(H,25,30). The molecule has 4 rings (SSSR count). The van der Waals surface area contributed by atoms with E-state index in [1.807, 2.05) is 41.8 Å². The molecule has 0 aliphatic carbocycles. The van der Waals surface area contributed by atoms with Crippen molar-refractivity contribution in [2.75, 3.05) is 20.8 Å². The van der Waals surface area contributed by atoms with Gasteiger partial charge in [-0.15, -0.1) is 10.2 Å². The second-order valence-corrected chi connectivity index (χ2v) is 7.82. The third-order valence-electron chi connectivity index (χ3n) is 5.29. The zero-order chi connectivity index (χ0) is 23.5. The lowest BCUT2D eigenvalue weighted by atomic mass is 10.00. The van der Waals surface area contributed by atoms with Crippen molar-refractivity contribution in [1.29, 1.82) is 0 Å². The minimum Gasteiger partial charge on any atom is -0.497 e. The fraction of sp³-hybridized carbons (Fsp3) is 0.261. The van der Waals surface area contributed by atoms with Crippen LogP contribution >= 0.6 is 11.6 Å². The third kappa shape index (κ3) is 4.58. The molecule has 2 heterocycles. The van der Waals surface area contributed by atoms with Crippen LogP contribution in [0.3, 0.4) is 0 Å². The van der Waals surface area contributed by atoms with Gasteiger partial charge in [0.1, 0.15) is 24.2 Å². The molecule has 1 amide bonds. The number of halogens is 1. The summed E-state index contributed by atoms with van der Waals surface area (Å²) in [4.78, 5) is 29.0. The van der Waals surface area contributed by atoms with E-state index in [1.165, 1.54) is 7.11 Å². The van der Waals surface area contributed by atoms with Gasteiger partial charge in [0.15, 0.2) is 5.82 Å². The lowest BCUT2D eigenvalue weighted by molar-refractivity contribution is -0.141. The predicted octanol–water partition coefficient (Wildman–Crippen LogP) is 2.81. The van der Waals surface area contributed by atoms with E-state index in [0.717, 1.165) is 16.8 Å². The number of aliphatic imine (C=N–C) groups is 1. The van der Waals surface area contributed by atoms with E-state index in [4.69, 9.17) is 21.3 Å². The largest absolute Gasteiger partial charge is 0.497 e. The lowest BCUT2D eigenvalue weighted by Gasteiger charge is -2.14. The van der Waals surface area contributed by atoms with Gasteiger partial charge in [-0.2, -0.15) is 0 Å². The van der Waals surface area contributed by atoms with Crippen LogP contribution in [-0.2, 0) is 14.3 Å². The smallest absolute Gasteiger partial charge is 0.325 e. The first-order chi connectivity index (χ1) is 15.9. The molecular weight excluding hydrogens is 446 g/mol. The highest BCUT2D eigenvalue weighted by Crippen LogP contribution is 2.34. The normalized spacial score (nSPS) is 14.4. The molecule has 3 aromatic rings. The minimum absolute atomic E-state index is 0.0304. The Kier molecular flexibility index (Phi) is 6.41. The van der Waals surface area contributed by atoms with Gasteiger partial charge in [0, 0.05) is 16.1 Å². The summed E-state index contributed by atoms with van der Waals surface area (Å²) in [5.74, 6) is 0.949. The van der Waals surface area contributed by atoms with Crippen LogP contribution in [0.2, 0.25) is 5.02 Å². The molecule has 0 saturated heterocycles. The molecule has 1 atom stereocenters. The number of aryl methyl sites for hydroxylation is 1. The van der Waals surface area contributed by atoms with Crippen molar-refractivity contribution in [3.8, 4) is 11.4 Å². The zero-order valence-electron chi connectivity index (χ0n) is 18.3. The van der Waals surface area contributed by atoms with Gasteiger partial charge < -0.3 is 14.8 Å². The number of fused-ring (bicyclic) bond motifs is 3.